The van der Waals surface area contributed by atoms with Crippen molar-refractivity contribution in [1.82, 2.24) is 10.2 Å². The van der Waals surface area contributed by atoms with Crippen LogP contribution in [0.25, 0.3) is 11.1 Å². The zero-order valence-electron chi connectivity index (χ0n) is 17.2. The summed E-state index contributed by atoms with van der Waals surface area (Å²) in [5, 5.41) is 6.56. The molecule has 0 spiro atoms. The minimum absolute atomic E-state index is 0.0803. The second-order valence-corrected chi connectivity index (χ2v) is 8.11. The van der Waals surface area contributed by atoms with Crippen LogP contribution >= 0.6 is 0 Å². The van der Waals surface area contributed by atoms with Crippen molar-refractivity contribution < 1.29 is 9.53 Å². The van der Waals surface area contributed by atoms with E-state index in [2.05, 4.69) is 21.6 Å². The van der Waals surface area contributed by atoms with Crippen molar-refractivity contribution in [2.75, 3.05) is 38.6 Å². The number of carbonyl (C=O) groups excluding carboxylic acids is 1. The van der Waals surface area contributed by atoms with E-state index in [-0.39, 0.29) is 11.8 Å². The van der Waals surface area contributed by atoms with E-state index in [0.29, 0.717) is 6.04 Å². The molecule has 2 aromatic carbocycles. The van der Waals surface area contributed by atoms with Crippen LogP contribution in [0.15, 0.2) is 48.5 Å². The Kier molecular flexibility index (Phi) is 6.47. The molecule has 2 heterocycles. The molecule has 0 aromatic heterocycles. The van der Waals surface area contributed by atoms with E-state index < -0.39 is 0 Å². The summed E-state index contributed by atoms with van der Waals surface area (Å²) in [5.74, 6) is 1.07. The molecule has 29 heavy (non-hydrogen) atoms. The fraction of sp³-hybridized carbons (Fsp3) is 0.458. The number of nitrogens with zero attached hydrogens (tertiary/aromatic N) is 1. The topological polar surface area (TPSA) is 53.6 Å². The van der Waals surface area contributed by atoms with Gasteiger partial charge in [0.05, 0.1) is 13.0 Å². The van der Waals surface area contributed by atoms with Gasteiger partial charge in [0.15, 0.2) is 0 Å². The monoisotopic (exact) mass is 393 g/mol. The summed E-state index contributed by atoms with van der Waals surface area (Å²) in [4.78, 5) is 15.4. The first-order valence-electron chi connectivity index (χ1n) is 10.7. The first-order chi connectivity index (χ1) is 14.2. The van der Waals surface area contributed by atoms with Crippen molar-refractivity contribution in [1.29, 1.82) is 0 Å². The summed E-state index contributed by atoms with van der Waals surface area (Å²) in [5.41, 5.74) is 3.07. The Morgan fingerprint density at radius 3 is 2.62 bits per heavy atom. The molecule has 5 nitrogen and oxygen atoms in total. The number of rotatable bonds is 5. The van der Waals surface area contributed by atoms with Gasteiger partial charge in [0.25, 0.3) is 0 Å². The number of hydrogen-bond donors (Lipinski definition) is 2. The number of benzene rings is 2. The lowest BCUT2D eigenvalue weighted by Gasteiger charge is -2.39. The lowest BCUT2D eigenvalue weighted by Crippen LogP contribution is -2.49. The van der Waals surface area contributed by atoms with Crippen LogP contribution in [0.3, 0.4) is 0 Å². The molecular formula is C24H31N3O2. The number of piperidine rings is 2. The molecule has 0 bridgehead atoms. The molecule has 0 aliphatic carbocycles. The van der Waals surface area contributed by atoms with Gasteiger partial charge < -0.3 is 15.4 Å². The van der Waals surface area contributed by atoms with Crippen LogP contribution < -0.4 is 15.4 Å². The Hall–Kier alpha value is -2.37. The highest BCUT2D eigenvalue weighted by Gasteiger charge is 2.30. The first kappa shape index (κ1) is 19.9. The molecule has 0 radical (unpaired) electrons. The molecule has 2 saturated heterocycles. The van der Waals surface area contributed by atoms with E-state index in [1.807, 2.05) is 42.5 Å². The smallest absolute Gasteiger partial charge is 0.228 e. The predicted octanol–water partition coefficient (Wildman–Crippen LogP) is 3.76. The Labute approximate surface area is 173 Å². The maximum atomic E-state index is 12.9. The molecule has 1 atom stereocenters. The van der Waals surface area contributed by atoms with Gasteiger partial charge in [0.2, 0.25) is 5.91 Å². The largest absolute Gasteiger partial charge is 0.497 e. The molecule has 2 fully saturated rings. The van der Waals surface area contributed by atoms with Crippen molar-refractivity contribution in [2.24, 2.45) is 5.92 Å². The van der Waals surface area contributed by atoms with Gasteiger partial charge in [-0.05, 0) is 80.7 Å². The molecule has 1 amide bonds. The molecular weight excluding hydrogens is 362 g/mol. The van der Waals surface area contributed by atoms with Gasteiger partial charge in [-0.3, -0.25) is 9.69 Å². The van der Waals surface area contributed by atoms with Crippen molar-refractivity contribution >= 4 is 11.6 Å². The number of likely N-dealkylation sites (tertiary alicyclic amines) is 1. The summed E-state index contributed by atoms with van der Waals surface area (Å²) < 4.78 is 5.31. The van der Waals surface area contributed by atoms with Crippen LogP contribution in [0, 0.1) is 5.92 Å². The maximum Gasteiger partial charge on any atom is 0.228 e. The van der Waals surface area contributed by atoms with Crippen molar-refractivity contribution in [3.8, 4) is 16.9 Å². The highest BCUT2D eigenvalue weighted by Crippen LogP contribution is 2.26. The third-order valence-electron chi connectivity index (χ3n) is 6.20. The summed E-state index contributed by atoms with van der Waals surface area (Å²) in [7, 11) is 1.68. The summed E-state index contributed by atoms with van der Waals surface area (Å²) >= 11 is 0. The fourth-order valence-corrected chi connectivity index (χ4v) is 4.52. The second kappa shape index (κ2) is 9.42. The predicted molar refractivity (Wildman–Crippen MR) is 117 cm³/mol. The summed E-state index contributed by atoms with van der Waals surface area (Å²) in [6.45, 7) is 4.21. The SMILES string of the molecule is COc1cccc(-c2ccc(NC(=O)[C@H]3CCCN(C4CCNCC4)C3)cc2)c1. The van der Waals surface area contributed by atoms with Crippen LogP contribution in [0.4, 0.5) is 5.69 Å². The molecule has 0 saturated carbocycles. The summed E-state index contributed by atoms with van der Waals surface area (Å²) in [6.07, 6.45) is 4.48. The standard InChI is InChI=1S/C24H31N3O2/c1-29-23-6-2-4-19(16-23)18-7-9-21(10-8-18)26-24(28)20-5-3-15-27(17-20)22-11-13-25-14-12-22/h2,4,6-10,16,20,22,25H,3,5,11-15,17H2,1H3,(H,26,28)/t20-/m0/s1. The minimum Gasteiger partial charge on any atom is -0.497 e. The van der Waals surface area contributed by atoms with Gasteiger partial charge in [-0.25, -0.2) is 0 Å². The van der Waals surface area contributed by atoms with Crippen molar-refractivity contribution in [2.45, 2.75) is 31.7 Å². The zero-order valence-corrected chi connectivity index (χ0v) is 17.2. The van der Waals surface area contributed by atoms with Gasteiger partial charge in [-0.2, -0.15) is 0 Å². The lowest BCUT2D eigenvalue weighted by atomic mass is 9.93. The van der Waals surface area contributed by atoms with E-state index >= 15 is 0 Å². The Balaban J connectivity index is 1.36. The molecule has 2 aliphatic heterocycles. The number of nitrogens with one attached hydrogen (secondary N) is 2. The highest BCUT2D eigenvalue weighted by atomic mass is 16.5. The van der Waals surface area contributed by atoms with Gasteiger partial charge in [-0.1, -0.05) is 24.3 Å². The fourth-order valence-electron chi connectivity index (χ4n) is 4.52. The van der Waals surface area contributed by atoms with Crippen LogP contribution in [-0.4, -0.2) is 50.1 Å². The van der Waals surface area contributed by atoms with Gasteiger partial charge in [0.1, 0.15) is 5.75 Å². The molecule has 2 N–H and O–H groups in total. The Bertz CT molecular complexity index is 815. The molecule has 0 unspecified atom stereocenters. The first-order valence-corrected chi connectivity index (χ1v) is 10.7. The van der Waals surface area contributed by atoms with Gasteiger partial charge >= 0.3 is 0 Å². The Morgan fingerprint density at radius 1 is 1.07 bits per heavy atom. The Morgan fingerprint density at radius 2 is 1.86 bits per heavy atom. The third kappa shape index (κ3) is 4.98. The number of methoxy groups -OCH3 is 1. The van der Waals surface area contributed by atoms with Crippen LogP contribution in [0.5, 0.6) is 5.75 Å². The number of ether oxygens (including phenoxy) is 1. The minimum atomic E-state index is 0.0803. The molecule has 154 valence electrons. The molecule has 2 aliphatic rings. The maximum absolute atomic E-state index is 12.9. The van der Waals surface area contributed by atoms with Gasteiger partial charge in [-0.15, -0.1) is 0 Å². The normalized spacial score (nSPS) is 20.9. The van der Waals surface area contributed by atoms with Crippen molar-refractivity contribution in [3.63, 3.8) is 0 Å². The quantitative estimate of drug-likeness (QED) is 0.812. The average molecular weight is 394 g/mol. The molecule has 4 rings (SSSR count). The summed E-state index contributed by atoms with van der Waals surface area (Å²) in [6, 6.07) is 16.7. The van der Waals surface area contributed by atoms with E-state index in [1.54, 1.807) is 7.11 Å². The van der Waals surface area contributed by atoms with E-state index in [1.165, 1.54) is 12.8 Å². The van der Waals surface area contributed by atoms with E-state index in [4.69, 9.17) is 4.74 Å². The second-order valence-electron chi connectivity index (χ2n) is 8.11. The molecule has 2 aromatic rings. The molecule has 5 heteroatoms. The van der Waals surface area contributed by atoms with Crippen LogP contribution in [0.2, 0.25) is 0 Å². The zero-order chi connectivity index (χ0) is 20.1. The lowest BCUT2D eigenvalue weighted by molar-refractivity contribution is -0.121. The number of hydrogen-bond acceptors (Lipinski definition) is 4. The average Bonchev–Trinajstić information content (AvgIpc) is 2.80. The van der Waals surface area contributed by atoms with Gasteiger partial charge in [0, 0.05) is 18.3 Å². The number of carbonyl (C=O) groups is 1. The van der Waals surface area contributed by atoms with Crippen LogP contribution in [0.1, 0.15) is 25.7 Å². The van der Waals surface area contributed by atoms with Crippen LogP contribution in [-0.2, 0) is 4.79 Å². The highest BCUT2D eigenvalue weighted by molar-refractivity contribution is 5.93. The van der Waals surface area contributed by atoms with Crippen molar-refractivity contribution in [3.05, 3.63) is 48.5 Å². The van der Waals surface area contributed by atoms with E-state index in [9.17, 15) is 4.79 Å². The third-order valence-corrected chi connectivity index (χ3v) is 6.20. The van der Waals surface area contributed by atoms with E-state index in [0.717, 1.165) is 61.6 Å². The number of amides is 1. The number of anilines is 1.